The molecule has 9 nitrogen and oxygen atoms in total. The lowest BCUT2D eigenvalue weighted by Gasteiger charge is -2.32. The van der Waals surface area contributed by atoms with E-state index in [0.717, 1.165) is 11.5 Å². The standard InChI is InChI=1S/C22H25BN2O7/c1-21(2)22(3,4)32-23(31-21)16-10-8-14(9-11-16)12-18(20(27)28)24-19(26)15-6-5-7-17(13-15)25(29)30/h5-11,13,18H,12H2,1-4H3,(H,24,26)(H,27,28)/t18-/m1/s1. The van der Waals surface area contributed by atoms with E-state index in [2.05, 4.69) is 5.32 Å². The van der Waals surface area contributed by atoms with E-state index < -0.39 is 41.2 Å². The molecule has 2 N–H and O–H groups in total. The molecule has 0 aliphatic carbocycles. The minimum Gasteiger partial charge on any atom is -0.480 e. The Bertz CT molecular complexity index is 1020. The van der Waals surface area contributed by atoms with Crippen LogP contribution in [0.2, 0.25) is 0 Å². The van der Waals surface area contributed by atoms with Gasteiger partial charge in [-0.2, -0.15) is 0 Å². The van der Waals surface area contributed by atoms with Gasteiger partial charge >= 0.3 is 13.1 Å². The molecular weight excluding hydrogens is 415 g/mol. The maximum Gasteiger partial charge on any atom is 0.494 e. The minimum absolute atomic E-state index is 0.0153. The molecule has 0 bridgehead atoms. The first-order valence-electron chi connectivity index (χ1n) is 10.1. The molecule has 10 heteroatoms. The Kier molecular flexibility index (Phi) is 6.38. The van der Waals surface area contributed by atoms with Crippen molar-refractivity contribution < 1.29 is 28.9 Å². The van der Waals surface area contributed by atoms with Crippen molar-refractivity contribution in [2.75, 3.05) is 0 Å². The molecule has 0 unspecified atom stereocenters. The second-order valence-corrected chi connectivity index (χ2v) is 8.71. The molecule has 1 aliphatic heterocycles. The van der Waals surface area contributed by atoms with Crippen LogP contribution in [-0.2, 0) is 20.5 Å². The lowest BCUT2D eigenvalue weighted by atomic mass is 9.78. The summed E-state index contributed by atoms with van der Waals surface area (Å²) in [5, 5.41) is 22.9. The van der Waals surface area contributed by atoms with Gasteiger partial charge < -0.3 is 19.7 Å². The van der Waals surface area contributed by atoms with Crippen LogP contribution in [-0.4, -0.2) is 46.3 Å². The van der Waals surface area contributed by atoms with E-state index in [-0.39, 0.29) is 17.7 Å². The van der Waals surface area contributed by atoms with E-state index in [0.29, 0.717) is 5.56 Å². The lowest BCUT2D eigenvalue weighted by molar-refractivity contribution is -0.384. The number of non-ortho nitro benzene ring substituents is 1. The van der Waals surface area contributed by atoms with Crippen LogP contribution in [0.4, 0.5) is 5.69 Å². The molecule has 0 spiro atoms. The summed E-state index contributed by atoms with van der Waals surface area (Å²) in [4.78, 5) is 34.4. The van der Waals surface area contributed by atoms with Crippen LogP contribution in [0.1, 0.15) is 43.6 Å². The van der Waals surface area contributed by atoms with E-state index in [4.69, 9.17) is 9.31 Å². The number of carboxylic acid groups (broad SMARTS) is 1. The van der Waals surface area contributed by atoms with Gasteiger partial charge in [0.15, 0.2) is 0 Å². The number of aliphatic carboxylic acids is 1. The highest BCUT2D eigenvalue weighted by Crippen LogP contribution is 2.36. The van der Waals surface area contributed by atoms with Gasteiger partial charge in [0.1, 0.15) is 6.04 Å². The molecule has 168 valence electrons. The number of nitrogens with one attached hydrogen (secondary N) is 1. The predicted molar refractivity (Wildman–Crippen MR) is 118 cm³/mol. The first-order chi connectivity index (χ1) is 14.9. The molecule has 1 saturated heterocycles. The fourth-order valence-electron chi connectivity index (χ4n) is 3.23. The highest BCUT2D eigenvalue weighted by molar-refractivity contribution is 6.62. The number of hydrogen-bond donors (Lipinski definition) is 2. The first-order valence-corrected chi connectivity index (χ1v) is 10.1. The van der Waals surface area contributed by atoms with Crippen LogP contribution >= 0.6 is 0 Å². The van der Waals surface area contributed by atoms with Crippen LogP contribution in [0.15, 0.2) is 48.5 Å². The van der Waals surface area contributed by atoms with E-state index >= 15 is 0 Å². The molecule has 1 atom stereocenters. The summed E-state index contributed by atoms with van der Waals surface area (Å²) < 4.78 is 12.0. The van der Waals surface area contributed by atoms with E-state index in [1.807, 2.05) is 27.7 Å². The number of amides is 1. The number of rotatable bonds is 7. The van der Waals surface area contributed by atoms with Crippen molar-refractivity contribution in [1.82, 2.24) is 5.32 Å². The average molecular weight is 440 g/mol. The quantitative estimate of drug-likeness (QED) is 0.384. The van der Waals surface area contributed by atoms with Crippen LogP contribution in [0.5, 0.6) is 0 Å². The van der Waals surface area contributed by atoms with Crippen molar-refractivity contribution in [3.8, 4) is 0 Å². The average Bonchev–Trinajstić information content (AvgIpc) is 2.95. The molecule has 0 radical (unpaired) electrons. The van der Waals surface area contributed by atoms with Crippen molar-refractivity contribution in [3.05, 3.63) is 69.8 Å². The maximum atomic E-state index is 12.4. The zero-order valence-electron chi connectivity index (χ0n) is 18.3. The third-order valence-electron chi connectivity index (χ3n) is 5.87. The summed E-state index contributed by atoms with van der Waals surface area (Å²) in [6.45, 7) is 7.84. The molecule has 0 saturated carbocycles. The number of carboxylic acids is 1. The van der Waals surface area contributed by atoms with Crippen LogP contribution in [0.25, 0.3) is 0 Å². The number of benzene rings is 2. The van der Waals surface area contributed by atoms with Crippen LogP contribution in [0.3, 0.4) is 0 Å². The number of nitro groups is 1. The third-order valence-corrected chi connectivity index (χ3v) is 5.87. The van der Waals surface area contributed by atoms with E-state index in [1.165, 1.54) is 18.2 Å². The summed E-state index contributed by atoms with van der Waals surface area (Å²) in [5.41, 5.74) is 0.324. The van der Waals surface area contributed by atoms with Gasteiger partial charge in [-0.15, -0.1) is 0 Å². The Morgan fingerprint density at radius 1 is 1.09 bits per heavy atom. The molecule has 1 amide bonds. The molecule has 1 heterocycles. The summed E-state index contributed by atoms with van der Waals surface area (Å²) in [6, 6.07) is 11.0. The minimum atomic E-state index is -1.21. The number of carbonyl (C=O) groups is 2. The molecule has 2 aromatic rings. The van der Waals surface area contributed by atoms with E-state index in [9.17, 15) is 24.8 Å². The highest BCUT2D eigenvalue weighted by Gasteiger charge is 2.51. The second-order valence-electron chi connectivity index (χ2n) is 8.71. The Labute approximate surface area is 186 Å². The molecule has 1 fully saturated rings. The molecular formula is C22H25BN2O7. The zero-order chi connectivity index (χ0) is 23.7. The van der Waals surface area contributed by atoms with Crippen molar-refractivity contribution >= 4 is 30.1 Å². The topological polar surface area (TPSA) is 128 Å². The van der Waals surface area contributed by atoms with Gasteiger partial charge in [0, 0.05) is 24.1 Å². The maximum absolute atomic E-state index is 12.4. The summed E-state index contributed by atoms with van der Waals surface area (Å²) >= 11 is 0. The number of nitro benzene ring substituents is 1. The second kappa shape index (κ2) is 8.72. The highest BCUT2D eigenvalue weighted by atomic mass is 16.7. The summed E-state index contributed by atoms with van der Waals surface area (Å²) in [7, 11) is -0.530. The van der Waals surface area contributed by atoms with Crippen molar-refractivity contribution in [1.29, 1.82) is 0 Å². The first kappa shape index (κ1) is 23.4. The van der Waals surface area contributed by atoms with Crippen molar-refractivity contribution in [2.24, 2.45) is 0 Å². The molecule has 0 aromatic heterocycles. The van der Waals surface area contributed by atoms with Gasteiger partial charge in [-0.25, -0.2) is 4.79 Å². The van der Waals surface area contributed by atoms with Gasteiger partial charge in [0.25, 0.3) is 11.6 Å². The third kappa shape index (κ3) is 4.97. The van der Waals surface area contributed by atoms with Crippen molar-refractivity contribution in [3.63, 3.8) is 0 Å². The fourth-order valence-corrected chi connectivity index (χ4v) is 3.23. The SMILES string of the molecule is CC1(C)OB(c2ccc(C[C@@H](NC(=O)c3cccc([N+](=O)[O-])c3)C(=O)O)cc2)OC1(C)C. The molecule has 3 rings (SSSR count). The number of nitrogens with zero attached hydrogens (tertiary/aromatic N) is 1. The van der Waals surface area contributed by atoms with Gasteiger partial charge in [0.05, 0.1) is 16.1 Å². The number of hydrogen-bond acceptors (Lipinski definition) is 6. The smallest absolute Gasteiger partial charge is 0.480 e. The molecule has 1 aliphatic rings. The largest absolute Gasteiger partial charge is 0.494 e. The van der Waals surface area contributed by atoms with Gasteiger partial charge in [-0.1, -0.05) is 30.3 Å². The van der Waals surface area contributed by atoms with Crippen molar-refractivity contribution in [2.45, 2.75) is 51.4 Å². The zero-order valence-corrected chi connectivity index (χ0v) is 18.3. The molecule has 2 aromatic carbocycles. The predicted octanol–water partition coefficient (Wildman–Crippen LogP) is 2.32. The number of carbonyl (C=O) groups excluding carboxylic acids is 1. The van der Waals surface area contributed by atoms with Crippen LogP contribution < -0.4 is 10.8 Å². The Morgan fingerprint density at radius 3 is 2.22 bits per heavy atom. The van der Waals surface area contributed by atoms with Gasteiger partial charge in [0.2, 0.25) is 0 Å². The molecule has 32 heavy (non-hydrogen) atoms. The van der Waals surface area contributed by atoms with Gasteiger partial charge in [-0.3, -0.25) is 14.9 Å². The Morgan fingerprint density at radius 2 is 1.69 bits per heavy atom. The van der Waals surface area contributed by atoms with Gasteiger partial charge in [-0.05, 0) is 44.8 Å². The Balaban J connectivity index is 1.69. The summed E-state index contributed by atoms with van der Waals surface area (Å²) in [6.07, 6.45) is 0.0413. The van der Waals surface area contributed by atoms with E-state index in [1.54, 1.807) is 24.3 Å². The monoisotopic (exact) mass is 440 g/mol. The summed E-state index contributed by atoms with van der Waals surface area (Å²) in [5.74, 6) is -1.91. The van der Waals surface area contributed by atoms with Crippen LogP contribution in [0, 0.1) is 10.1 Å². The normalized spacial score (nSPS) is 17.6. The lowest BCUT2D eigenvalue weighted by Crippen LogP contribution is -2.42. The fraction of sp³-hybridized carbons (Fsp3) is 0.364. The Hall–Kier alpha value is -3.24.